The van der Waals surface area contributed by atoms with E-state index in [1.165, 1.54) is 6.20 Å². The number of benzene rings is 1. The Kier molecular flexibility index (Phi) is 8.71. The van der Waals surface area contributed by atoms with Crippen molar-refractivity contribution in [3.8, 4) is 11.5 Å². The third-order valence-corrected chi connectivity index (χ3v) is 6.66. The van der Waals surface area contributed by atoms with Crippen LogP contribution >= 0.6 is 0 Å². The van der Waals surface area contributed by atoms with Crippen molar-refractivity contribution in [2.75, 3.05) is 71.5 Å². The van der Waals surface area contributed by atoms with Crippen LogP contribution in [0.4, 0.5) is 16.3 Å². The minimum Gasteiger partial charge on any atom is -0.491 e. The zero-order valence-electron chi connectivity index (χ0n) is 22.7. The molecule has 0 atom stereocenters. The van der Waals surface area contributed by atoms with Gasteiger partial charge in [0.05, 0.1) is 39.0 Å². The number of carbonyl (C=O) groups is 2. The van der Waals surface area contributed by atoms with Gasteiger partial charge in [-0.15, -0.1) is 0 Å². The topological polar surface area (TPSA) is 142 Å². The van der Waals surface area contributed by atoms with Crippen LogP contribution in [0.25, 0.3) is 0 Å². The summed E-state index contributed by atoms with van der Waals surface area (Å²) in [6.07, 6.45) is 2.27. The SMILES string of the molecule is CCNC(=O)Nc1ccc(C(=O)NC2=Nc3c(ccc(OCCCN4CCOCC4)c3OC)C3=NCCN23)cn1. The van der Waals surface area contributed by atoms with E-state index in [2.05, 4.69) is 30.8 Å². The molecule has 0 spiro atoms. The van der Waals surface area contributed by atoms with Crippen LogP contribution in [0, 0.1) is 0 Å². The number of amides is 3. The molecule has 0 radical (unpaired) electrons. The van der Waals surface area contributed by atoms with E-state index in [0.29, 0.717) is 60.8 Å². The number of urea groups is 1. The number of aliphatic imine (C=N–C) groups is 2. The predicted molar refractivity (Wildman–Crippen MR) is 150 cm³/mol. The lowest BCUT2D eigenvalue weighted by Crippen LogP contribution is -2.47. The van der Waals surface area contributed by atoms with Crippen molar-refractivity contribution in [2.24, 2.45) is 9.98 Å². The van der Waals surface area contributed by atoms with Gasteiger partial charge in [0.25, 0.3) is 5.91 Å². The molecule has 1 aromatic carbocycles. The molecule has 0 unspecified atom stereocenters. The lowest BCUT2D eigenvalue weighted by molar-refractivity contribution is 0.0357. The number of methoxy groups -OCH3 is 1. The van der Waals surface area contributed by atoms with E-state index in [0.717, 1.165) is 50.7 Å². The van der Waals surface area contributed by atoms with Crippen molar-refractivity contribution in [3.63, 3.8) is 0 Å². The second kappa shape index (κ2) is 12.7. The number of rotatable bonds is 9. The molecule has 13 nitrogen and oxygen atoms in total. The van der Waals surface area contributed by atoms with Crippen LogP contribution < -0.4 is 25.4 Å². The number of hydrogen-bond donors (Lipinski definition) is 3. The zero-order chi connectivity index (χ0) is 27.9. The molecule has 212 valence electrons. The fourth-order valence-electron chi connectivity index (χ4n) is 4.69. The van der Waals surface area contributed by atoms with Crippen molar-refractivity contribution in [1.29, 1.82) is 0 Å². The number of morpholine rings is 1. The molecular formula is C27H34N8O5. The summed E-state index contributed by atoms with van der Waals surface area (Å²) in [5.74, 6) is 2.09. The van der Waals surface area contributed by atoms with E-state index in [4.69, 9.17) is 19.2 Å². The standard InChI is InChI=1S/C27H34N8O5/c1-3-28-27(37)31-21-8-5-18(17-30-21)25(36)33-26-32-22-19(24-29-9-11-35(24)26)6-7-20(23(22)38-2)40-14-4-10-34-12-15-39-16-13-34/h5-8,17H,3-4,9-16H2,1-2H3,(H,32,33,36)(H2,28,30,31,37). The zero-order valence-corrected chi connectivity index (χ0v) is 22.7. The van der Waals surface area contributed by atoms with Crippen molar-refractivity contribution in [2.45, 2.75) is 13.3 Å². The molecule has 3 N–H and O–H groups in total. The molecule has 0 saturated carbocycles. The molecule has 3 aliphatic rings. The average molecular weight is 551 g/mol. The Morgan fingerprint density at radius 3 is 2.70 bits per heavy atom. The normalized spacial score (nSPS) is 16.3. The van der Waals surface area contributed by atoms with Crippen LogP contribution in [0.5, 0.6) is 11.5 Å². The van der Waals surface area contributed by atoms with E-state index in [1.54, 1.807) is 19.2 Å². The molecule has 2 aromatic rings. The Hall–Kier alpha value is -4.23. The number of guanidine groups is 1. The third-order valence-electron chi connectivity index (χ3n) is 6.66. The van der Waals surface area contributed by atoms with E-state index in [9.17, 15) is 9.59 Å². The number of ether oxygens (including phenoxy) is 3. The number of nitrogens with zero attached hydrogens (tertiary/aromatic N) is 5. The fraction of sp³-hybridized carbons (Fsp3) is 0.444. The van der Waals surface area contributed by atoms with Gasteiger partial charge in [-0.25, -0.2) is 14.8 Å². The molecule has 0 aliphatic carbocycles. The van der Waals surface area contributed by atoms with Gasteiger partial charge in [0.1, 0.15) is 17.3 Å². The summed E-state index contributed by atoms with van der Waals surface area (Å²) >= 11 is 0. The van der Waals surface area contributed by atoms with Gasteiger partial charge in [-0.1, -0.05) is 0 Å². The second-order valence-corrected chi connectivity index (χ2v) is 9.31. The lowest BCUT2D eigenvalue weighted by Gasteiger charge is -2.29. The number of aromatic nitrogens is 1. The molecule has 13 heteroatoms. The number of pyridine rings is 1. The molecule has 3 aliphatic heterocycles. The number of anilines is 1. The number of nitrogens with one attached hydrogen (secondary N) is 3. The number of carbonyl (C=O) groups excluding carboxylic acids is 2. The highest BCUT2D eigenvalue weighted by Crippen LogP contribution is 2.43. The first-order valence-electron chi connectivity index (χ1n) is 13.4. The molecule has 0 bridgehead atoms. The quantitative estimate of drug-likeness (QED) is 0.402. The van der Waals surface area contributed by atoms with Crippen molar-refractivity contribution in [3.05, 3.63) is 41.6 Å². The first-order valence-corrected chi connectivity index (χ1v) is 13.4. The molecule has 4 heterocycles. The highest BCUT2D eigenvalue weighted by Gasteiger charge is 2.33. The van der Waals surface area contributed by atoms with Crippen LogP contribution in [-0.2, 0) is 4.74 Å². The summed E-state index contributed by atoms with van der Waals surface area (Å²) in [5.41, 5.74) is 1.69. The van der Waals surface area contributed by atoms with E-state index in [-0.39, 0.29) is 11.9 Å². The molecule has 1 fully saturated rings. The molecule has 5 rings (SSSR count). The summed E-state index contributed by atoms with van der Waals surface area (Å²) < 4.78 is 17.3. The van der Waals surface area contributed by atoms with Crippen molar-refractivity contribution < 1.29 is 23.8 Å². The maximum absolute atomic E-state index is 13.1. The minimum atomic E-state index is -0.389. The van der Waals surface area contributed by atoms with Gasteiger partial charge in [0.2, 0.25) is 5.96 Å². The Morgan fingerprint density at radius 1 is 1.10 bits per heavy atom. The van der Waals surface area contributed by atoms with Crippen LogP contribution in [0.2, 0.25) is 0 Å². The number of amidine groups is 1. The van der Waals surface area contributed by atoms with Gasteiger partial charge in [0, 0.05) is 44.5 Å². The molecule has 3 amide bonds. The Balaban J connectivity index is 1.30. The maximum Gasteiger partial charge on any atom is 0.320 e. The van der Waals surface area contributed by atoms with Crippen LogP contribution in [-0.4, -0.2) is 105 Å². The second-order valence-electron chi connectivity index (χ2n) is 9.31. The van der Waals surface area contributed by atoms with Gasteiger partial charge in [-0.2, -0.15) is 0 Å². The van der Waals surface area contributed by atoms with Crippen LogP contribution in [0.3, 0.4) is 0 Å². The van der Waals surface area contributed by atoms with Crippen LogP contribution in [0.15, 0.2) is 40.4 Å². The highest BCUT2D eigenvalue weighted by atomic mass is 16.5. The molecule has 40 heavy (non-hydrogen) atoms. The Morgan fingerprint density at radius 2 is 1.95 bits per heavy atom. The monoisotopic (exact) mass is 550 g/mol. The minimum absolute atomic E-state index is 0.317. The van der Waals surface area contributed by atoms with Gasteiger partial charge >= 0.3 is 6.03 Å². The number of fused-ring (bicyclic) bond motifs is 3. The summed E-state index contributed by atoms with van der Waals surface area (Å²) in [6, 6.07) is 6.60. The first-order chi connectivity index (χ1) is 19.6. The van der Waals surface area contributed by atoms with Gasteiger partial charge in [-0.3, -0.25) is 30.2 Å². The Labute approximate surface area is 232 Å². The van der Waals surface area contributed by atoms with Gasteiger partial charge < -0.3 is 19.5 Å². The summed E-state index contributed by atoms with van der Waals surface area (Å²) in [4.78, 5) is 42.7. The molecule has 1 aromatic heterocycles. The summed E-state index contributed by atoms with van der Waals surface area (Å²) in [7, 11) is 1.58. The third kappa shape index (κ3) is 6.15. The van der Waals surface area contributed by atoms with Crippen molar-refractivity contribution >= 4 is 35.2 Å². The molecular weight excluding hydrogens is 516 g/mol. The lowest BCUT2D eigenvalue weighted by atomic mass is 10.1. The highest BCUT2D eigenvalue weighted by molar-refractivity contribution is 6.20. The van der Waals surface area contributed by atoms with E-state index < -0.39 is 0 Å². The van der Waals surface area contributed by atoms with Crippen molar-refractivity contribution in [1.82, 2.24) is 25.4 Å². The van der Waals surface area contributed by atoms with E-state index >= 15 is 0 Å². The fourth-order valence-corrected chi connectivity index (χ4v) is 4.69. The Bertz CT molecular complexity index is 1290. The van der Waals surface area contributed by atoms with Gasteiger partial charge in [0.15, 0.2) is 11.5 Å². The number of hydrogen-bond acceptors (Lipinski definition) is 10. The molecule has 1 saturated heterocycles. The average Bonchev–Trinajstić information content (AvgIpc) is 3.47. The summed E-state index contributed by atoms with van der Waals surface area (Å²) in [6.45, 7) is 8.38. The predicted octanol–water partition coefficient (Wildman–Crippen LogP) is 1.83. The first kappa shape index (κ1) is 27.3. The van der Waals surface area contributed by atoms with Gasteiger partial charge in [-0.05, 0) is 37.6 Å². The smallest absolute Gasteiger partial charge is 0.320 e. The largest absolute Gasteiger partial charge is 0.491 e. The van der Waals surface area contributed by atoms with Crippen LogP contribution in [0.1, 0.15) is 29.3 Å². The van der Waals surface area contributed by atoms with E-state index in [1.807, 2.05) is 24.0 Å². The summed E-state index contributed by atoms with van der Waals surface area (Å²) in [5, 5.41) is 8.13. The maximum atomic E-state index is 13.1.